The van der Waals surface area contributed by atoms with Crippen molar-refractivity contribution in [2.24, 2.45) is 5.10 Å². The minimum atomic E-state index is -0.559. The number of carbonyl (C=O) groups is 2. The van der Waals surface area contributed by atoms with Gasteiger partial charge in [-0.15, -0.1) is 0 Å². The van der Waals surface area contributed by atoms with Gasteiger partial charge in [0.25, 0.3) is 5.91 Å². The number of rotatable bonds is 2. The Balaban J connectivity index is 1.99. The van der Waals surface area contributed by atoms with Crippen molar-refractivity contribution >= 4 is 17.8 Å². The Morgan fingerprint density at radius 2 is 1.82 bits per heavy atom. The highest BCUT2D eigenvalue weighted by Crippen LogP contribution is 2.34. The number of benzene rings is 1. The minimum absolute atomic E-state index is 0.165. The molecule has 0 spiro atoms. The molecule has 0 aromatic heterocycles. The third kappa shape index (κ3) is 1.98. The van der Waals surface area contributed by atoms with E-state index in [9.17, 15) is 9.59 Å². The van der Waals surface area contributed by atoms with Gasteiger partial charge in [-0.3, -0.25) is 9.69 Å². The van der Waals surface area contributed by atoms with E-state index in [1.54, 1.807) is 18.9 Å². The number of hydrogen-bond donors (Lipinski definition) is 0. The van der Waals surface area contributed by atoms with E-state index in [-0.39, 0.29) is 11.9 Å². The van der Waals surface area contributed by atoms with Gasteiger partial charge in [-0.25, -0.2) is 9.80 Å². The summed E-state index contributed by atoms with van der Waals surface area (Å²) in [5.41, 5.74) is 0.493. The number of urea groups is 1. The molecule has 2 aliphatic rings. The highest BCUT2D eigenvalue weighted by atomic mass is 16.2. The van der Waals surface area contributed by atoms with Gasteiger partial charge in [-0.2, -0.15) is 5.10 Å². The molecule has 3 rings (SSSR count). The molecule has 3 amide bonds. The first-order valence-electron chi connectivity index (χ1n) is 7.35. The summed E-state index contributed by atoms with van der Waals surface area (Å²) in [6.07, 6.45) is 0. The molecular formula is C16H20N4O2. The van der Waals surface area contributed by atoms with Crippen LogP contribution >= 0.6 is 0 Å². The molecule has 1 atom stereocenters. The molecule has 116 valence electrons. The molecule has 6 nitrogen and oxygen atoms in total. The second-order valence-electron chi connectivity index (χ2n) is 6.24. The molecule has 2 aliphatic heterocycles. The summed E-state index contributed by atoms with van der Waals surface area (Å²) in [5, 5.41) is 5.67. The number of hydrogen-bond acceptors (Lipinski definition) is 3. The van der Waals surface area contributed by atoms with Crippen molar-refractivity contribution in [2.45, 2.75) is 38.9 Å². The minimum Gasteiger partial charge on any atom is -0.308 e. The fraction of sp³-hybridized carbons (Fsp3) is 0.438. The Morgan fingerprint density at radius 3 is 2.45 bits per heavy atom. The van der Waals surface area contributed by atoms with Crippen LogP contribution in [-0.4, -0.2) is 51.2 Å². The van der Waals surface area contributed by atoms with Crippen molar-refractivity contribution in [1.29, 1.82) is 0 Å². The van der Waals surface area contributed by atoms with Crippen molar-refractivity contribution in [3.63, 3.8) is 0 Å². The van der Waals surface area contributed by atoms with Crippen LogP contribution in [0.1, 0.15) is 26.3 Å². The van der Waals surface area contributed by atoms with Crippen LogP contribution < -0.4 is 0 Å². The molecule has 1 aromatic rings. The summed E-state index contributed by atoms with van der Waals surface area (Å²) in [7, 11) is 1.63. The van der Waals surface area contributed by atoms with Crippen LogP contribution in [0.15, 0.2) is 35.4 Å². The monoisotopic (exact) mass is 300 g/mol. The van der Waals surface area contributed by atoms with E-state index in [4.69, 9.17) is 0 Å². The van der Waals surface area contributed by atoms with E-state index in [2.05, 4.69) is 5.10 Å². The van der Waals surface area contributed by atoms with Crippen LogP contribution in [0.5, 0.6) is 0 Å². The lowest BCUT2D eigenvalue weighted by Crippen LogP contribution is -2.54. The molecule has 22 heavy (non-hydrogen) atoms. The van der Waals surface area contributed by atoms with Gasteiger partial charge in [0, 0.05) is 13.6 Å². The SMILES string of the molecule is CC1C(=O)N(C)N=C2N1C(=O)N(Cc1ccccc1)C2(C)C. The van der Waals surface area contributed by atoms with Crippen molar-refractivity contribution in [2.75, 3.05) is 7.05 Å². The van der Waals surface area contributed by atoms with Gasteiger partial charge in [0.05, 0.1) is 5.54 Å². The molecule has 0 saturated carbocycles. The van der Waals surface area contributed by atoms with E-state index in [1.807, 2.05) is 44.2 Å². The van der Waals surface area contributed by atoms with Crippen LogP contribution in [-0.2, 0) is 11.3 Å². The topological polar surface area (TPSA) is 56.2 Å². The number of nitrogens with zero attached hydrogens (tertiary/aromatic N) is 4. The van der Waals surface area contributed by atoms with Crippen LogP contribution in [0.2, 0.25) is 0 Å². The van der Waals surface area contributed by atoms with Gasteiger partial charge >= 0.3 is 6.03 Å². The van der Waals surface area contributed by atoms with E-state index in [1.165, 1.54) is 9.91 Å². The maximum Gasteiger partial charge on any atom is 0.327 e. The second kappa shape index (κ2) is 4.83. The normalized spacial score (nSPS) is 23.7. The summed E-state index contributed by atoms with van der Waals surface area (Å²) in [6, 6.07) is 9.14. The summed E-state index contributed by atoms with van der Waals surface area (Å²) < 4.78 is 0. The number of amidine groups is 1. The molecule has 0 aliphatic carbocycles. The second-order valence-corrected chi connectivity index (χ2v) is 6.24. The van der Waals surface area contributed by atoms with Crippen LogP contribution in [0.4, 0.5) is 4.79 Å². The van der Waals surface area contributed by atoms with Gasteiger partial charge in [-0.05, 0) is 26.3 Å². The lowest BCUT2D eigenvalue weighted by molar-refractivity contribution is -0.134. The summed E-state index contributed by atoms with van der Waals surface area (Å²) in [4.78, 5) is 28.2. The van der Waals surface area contributed by atoms with E-state index in [0.717, 1.165) is 5.56 Å². The first kappa shape index (κ1) is 14.6. The van der Waals surface area contributed by atoms with Gasteiger partial charge in [0.2, 0.25) is 0 Å². The van der Waals surface area contributed by atoms with Crippen molar-refractivity contribution in [3.05, 3.63) is 35.9 Å². The fourth-order valence-corrected chi connectivity index (χ4v) is 3.00. The summed E-state index contributed by atoms with van der Waals surface area (Å²) in [6.45, 7) is 6.16. The molecule has 2 heterocycles. The lowest BCUT2D eigenvalue weighted by Gasteiger charge is -2.33. The highest BCUT2D eigenvalue weighted by Gasteiger charge is 2.54. The Morgan fingerprint density at radius 1 is 1.18 bits per heavy atom. The van der Waals surface area contributed by atoms with Gasteiger partial charge in [0.15, 0.2) is 5.84 Å². The fourth-order valence-electron chi connectivity index (χ4n) is 3.00. The highest BCUT2D eigenvalue weighted by molar-refractivity contribution is 6.13. The molecule has 0 N–H and O–H groups in total. The Kier molecular flexibility index (Phi) is 3.20. The third-order valence-corrected chi connectivity index (χ3v) is 4.38. The molecule has 0 bridgehead atoms. The molecular weight excluding hydrogens is 280 g/mol. The predicted octanol–water partition coefficient (Wildman–Crippen LogP) is 1.88. The first-order valence-corrected chi connectivity index (χ1v) is 7.35. The Labute approximate surface area is 130 Å². The Bertz CT molecular complexity index is 653. The number of fused-ring (bicyclic) bond motifs is 1. The summed E-state index contributed by atoms with van der Waals surface area (Å²) in [5.74, 6) is 0.456. The summed E-state index contributed by atoms with van der Waals surface area (Å²) >= 11 is 0. The average Bonchev–Trinajstić information content (AvgIpc) is 2.67. The predicted molar refractivity (Wildman–Crippen MR) is 83.0 cm³/mol. The number of hydrazone groups is 1. The van der Waals surface area contributed by atoms with E-state index >= 15 is 0 Å². The maximum atomic E-state index is 12.8. The zero-order chi connectivity index (χ0) is 16.1. The van der Waals surface area contributed by atoms with Crippen molar-refractivity contribution in [3.8, 4) is 0 Å². The average molecular weight is 300 g/mol. The zero-order valence-corrected chi connectivity index (χ0v) is 13.3. The Hall–Kier alpha value is -2.37. The molecule has 1 saturated heterocycles. The number of likely N-dealkylation sites (N-methyl/N-ethyl adjacent to an activating group) is 1. The van der Waals surface area contributed by atoms with Gasteiger partial charge in [-0.1, -0.05) is 30.3 Å². The smallest absolute Gasteiger partial charge is 0.308 e. The van der Waals surface area contributed by atoms with Crippen molar-refractivity contribution in [1.82, 2.24) is 14.8 Å². The molecule has 1 fully saturated rings. The quantitative estimate of drug-likeness (QED) is 0.837. The lowest BCUT2D eigenvalue weighted by atomic mass is 10.0. The standard InChI is InChI=1S/C16H20N4O2/c1-11-13(21)18(4)17-14-16(2,3)19(15(22)20(11)14)10-12-8-6-5-7-9-12/h5-9,11H,10H2,1-4H3. The zero-order valence-electron chi connectivity index (χ0n) is 13.3. The number of carbonyl (C=O) groups excluding carboxylic acids is 2. The maximum absolute atomic E-state index is 12.8. The van der Waals surface area contributed by atoms with Crippen LogP contribution in [0.3, 0.4) is 0 Å². The number of amides is 3. The van der Waals surface area contributed by atoms with Crippen LogP contribution in [0.25, 0.3) is 0 Å². The molecule has 6 heteroatoms. The third-order valence-electron chi connectivity index (χ3n) is 4.38. The van der Waals surface area contributed by atoms with E-state index < -0.39 is 11.6 Å². The molecule has 0 radical (unpaired) electrons. The van der Waals surface area contributed by atoms with Gasteiger partial charge < -0.3 is 4.90 Å². The van der Waals surface area contributed by atoms with Gasteiger partial charge in [0.1, 0.15) is 6.04 Å². The first-order chi connectivity index (χ1) is 10.3. The molecule has 1 unspecified atom stereocenters. The van der Waals surface area contributed by atoms with E-state index in [0.29, 0.717) is 12.4 Å². The molecule has 1 aromatic carbocycles. The van der Waals surface area contributed by atoms with Crippen molar-refractivity contribution < 1.29 is 9.59 Å². The van der Waals surface area contributed by atoms with Crippen LogP contribution in [0, 0.1) is 0 Å². The largest absolute Gasteiger partial charge is 0.327 e.